The summed E-state index contributed by atoms with van der Waals surface area (Å²) in [5.74, 6) is 1.09. The zero-order valence-corrected chi connectivity index (χ0v) is 11.8. The lowest BCUT2D eigenvalue weighted by Gasteiger charge is -2.37. The highest BCUT2D eigenvalue weighted by Gasteiger charge is 2.41. The molecule has 2 unspecified atom stereocenters. The largest absolute Gasteiger partial charge is 0.390 e. The first kappa shape index (κ1) is 13.4. The molecular formula is C16H20ClFO. The molecule has 3 rings (SSSR count). The van der Waals surface area contributed by atoms with Crippen LogP contribution in [-0.4, -0.2) is 10.7 Å². The quantitative estimate of drug-likeness (QED) is 0.874. The Hall–Kier alpha value is -0.600. The highest BCUT2D eigenvalue weighted by Crippen LogP contribution is 2.47. The molecule has 0 amide bonds. The summed E-state index contributed by atoms with van der Waals surface area (Å²) in [6.07, 6.45) is 6.90. The minimum atomic E-state index is -0.739. The number of hydrogen-bond acceptors (Lipinski definition) is 1. The van der Waals surface area contributed by atoms with E-state index in [1.165, 1.54) is 19.3 Å². The van der Waals surface area contributed by atoms with Crippen LogP contribution in [0.2, 0.25) is 5.02 Å². The number of halogens is 2. The predicted octanol–water partition coefficient (Wildman–Crippen LogP) is 4.35. The molecule has 2 saturated carbocycles. The average molecular weight is 283 g/mol. The van der Waals surface area contributed by atoms with Crippen LogP contribution in [0.3, 0.4) is 0 Å². The van der Waals surface area contributed by atoms with Crippen LogP contribution in [0, 0.1) is 17.7 Å². The maximum Gasteiger partial charge on any atom is 0.145 e. The van der Waals surface area contributed by atoms with Gasteiger partial charge in [0.15, 0.2) is 0 Å². The van der Waals surface area contributed by atoms with Gasteiger partial charge in [-0.3, -0.25) is 0 Å². The third-order valence-electron chi connectivity index (χ3n) is 4.70. The van der Waals surface area contributed by atoms with E-state index in [0.717, 1.165) is 25.2 Å². The molecule has 0 radical (unpaired) electrons. The first-order chi connectivity index (χ1) is 9.07. The topological polar surface area (TPSA) is 20.2 Å². The molecule has 3 heteroatoms. The van der Waals surface area contributed by atoms with Gasteiger partial charge in [-0.2, -0.15) is 0 Å². The van der Waals surface area contributed by atoms with Crippen LogP contribution >= 0.6 is 11.6 Å². The van der Waals surface area contributed by atoms with Crippen LogP contribution in [-0.2, 0) is 6.42 Å². The average Bonchev–Trinajstić information content (AvgIpc) is 3.19. The fourth-order valence-corrected chi connectivity index (χ4v) is 3.75. The van der Waals surface area contributed by atoms with E-state index in [2.05, 4.69) is 0 Å². The van der Waals surface area contributed by atoms with Crippen molar-refractivity contribution in [3.63, 3.8) is 0 Å². The molecule has 0 bridgehead atoms. The number of aliphatic hydroxyl groups is 1. The molecule has 1 N–H and O–H groups in total. The molecule has 1 aromatic carbocycles. The third-order valence-corrected chi connectivity index (χ3v) is 4.99. The van der Waals surface area contributed by atoms with E-state index in [9.17, 15) is 9.50 Å². The molecule has 2 aliphatic carbocycles. The Kier molecular flexibility index (Phi) is 3.57. The van der Waals surface area contributed by atoms with E-state index in [0.29, 0.717) is 17.9 Å². The van der Waals surface area contributed by atoms with Gasteiger partial charge in [0, 0.05) is 6.42 Å². The minimum absolute atomic E-state index is 0.149. The first-order valence-corrected chi connectivity index (χ1v) is 7.60. The Morgan fingerprint density at radius 2 is 2.05 bits per heavy atom. The Morgan fingerprint density at radius 1 is 1.26 bits per heavy atom. The molecular weight excluding hydrogens is 263 g/mol. The molecule has 19 heavy (non-hydrogen) atoms. The van der Waals surface area contributed by atoms with Crippen molar-refractivity contribution in [2.24, 2.45) is 11.8 Å². The second kappa shape index (κ2) is 5.06. The highest BCUT2D eigenvalue weighted by molar-refractivity contribution is 6.30. The summed E-state index contributed by atoms with van der Waals surface area (Å²) in [7, 11) is 0. The summed E-state index contributed by atoms with van der Waals surface area (Å²) >= 11 is 5.81. The summed E-state index contributed by atoms with van der Waals surface area (Å²) in [6.45, 7) is 0. The van der Waals surface area contributed by atoms with Crippen molar-refractivity contribution < 1.29 is 9.50 Å². The maximum absolute atomic E-state index is 14.0. The van der Waals surface area contributed by atoms with E-state index in [1.807, 2.05) is 0 Å². The van der Waals surface area contributed by atoms with Gasteiger partial charge in [-0.15, -0.1) is 0 Å². The van der Waals surface area contributed by atoms with Gasteiger partial charge in [0.25, 0.3) is 0 Å². The highest BCUT2D eigenvalue weighted by atomic mass is 35.5. The van der Waals surface area contributed by atoms with E-state index < -0.39 is 5.60 Å². The first-order valence-electron chi connectivity index (χ1n) is 7.23. The van der Waals surface area contributed by atoms with E-state index in [-0.39, 0.29) is 10.8 Å². The Labute approximate surface area is 118 Å². The van der Waals surface area contributed by atoms with Gasteiger partial charge in [-0.25, -0.2) is 4.39 Å². The molecule has 0 heterocycles. The van der Waals surface area contributed by atoms with Crippen LogP contribution in [0.25, 0.3) is 0 Å². The molecule has 1 aromatic rings. The zero-order valence-electron chi connectivity index (χ0n) is 11.0. The fourth-order valence-electron chi connectivity index (χ4n) is 3.56. The van der Waals surface area contributed by atoms with Crippen molar-refractivity contribution >= 4 is 11.6 Å². The lowest BCUT2D eigenvalue weighted by molar-refractivity contribution is -0.0201. The molecule has 104 valence electrons. The van der Waals surface area contributed by atoms with Gasteiger partial charge in [0.2, 0.25) is 0 Å². The van der Waals surface area contributed by atoms with Crippen LogP contribution in [0.4, 0.5) is 4.39 Å². The van der Waals surface area contributed by atoms with Crippen LogP contribution in [0.5, 0.6) is 0 Å². The predicted molar refractivity (Wildman–Crippen MR) is 74.7 cm³/mol. The smallest absolute Gasteiger partial charge is 0.145 e. The van der Waals surface area contributed by atoms with Crippen LogP contribution in [0.15, 0.2) is 18.2 Å². The van der Waals surface area contributed by atoms with Gasteiger partial charge in [-0.05, 0) is 55.6 Å². The summed E-state index contributed by atoms with van der Waals surface area (Å²) in [5, 5.41) is 10.9. The lowest BCUT2D eigenvalue weighted by atomic mass is 9.73. The van der Waals surface area contributed by atoms with Gasteiger partial charge in [-0.1, -0.05) is 30.2 Å². The Bertz CT molecular complexity index is 472. The molecule has 2 fully saturated rings. The summed E-state index contributed by atoms with van der Waals surface area (Å²) < 4.78 is 14.0. The normalized spacial score (nSPS) is 31.4. The molecule has 0 aliphatic heterocycles. The van der Waals surface area contributed by atoms with E-state index in [1.54, 1.807) is 18.2 Å². The summed E-state index contributed by atoms with van der Waals surface area (Å²) in [5.41, 5.74) is -0.191. The lowest BCUT2D eigenvalue weighted by Crippen LogP contribution is -2.38. The van der Waals surface area contributed by atoms with Gasteiger partial charge >= 0.3 is 0 Å². The molecule has 0 saturated heterocycles. The third kappa shape index (κ3) is 2.95. The Morgan fingerprint density at radius 3 is 2.79 bits per heavy atom. The van der Waals surface area contributed by atoms with Crippen LogP contribution < -0.4 is 0 Å². The standard InChI is InChI=1S/C16H20ClFO/c17-14-5-1-3-13(15(14)18)10-16(19)8-2-4-12(9-16)11-6-7-11/h1,3,5,11-12,19H,2,4,6-10H2. The fraction of sp³-hybridized carbons (Fsp3) is 0.625. The van der Waals surface area contributed by atoms with E-state index in [4.69, 9.17) is 11.6 Å². The van der Waals surface area contributed by atoms with Crippen molar-refractivity contribution in [2.45, 2.75) is 50.5 Å². The van der Waals surface area contributed by atoms with Crippen molar-refractivity contribution in [1.82, 2.24) is 0 Å². The summed E-state index contributed by atoms with van der Waals surface area (Å²) in [6, 6.07) is 5.05. The van der Waals surface area contributed by atoms with Crippen LogP contribution in [0.1, 0.15) is 44.1 Å². The van der Waals surface area contributed by atoms with Crippen molar-refractivity contribution in [2.75, 3.05) is 0 Å². The van der Waals surface area contributed by atoms with Gasteiger partial charge in [0.1, 0.15) is 5.82 Å². The van der Waals surface area contributed by atoms with Gasteiger partial charge < -0.3 is 5.11 Å². The van der Waals surface area contributed by atoms with E-state index >= 15 is 0 Å². The number of hydrogen-bond donors (Lipinski definition) is 1. The van der Waals surface area contributed by atoms with Crippen molar-refractivity contribution in [3.05, 3.63) is 34.6 Å². The second-order valence-corrected chi connectivity index (χ2v) is 6.72. The SMILES string of the molecule is OC1(Cc2cccc(Cl)c2F)CCCC(C2CC2)C1. The molecule has 1 nitrogen and oxygen atoms in total. The van der Waals surface area contributed by atoms with Crippen molar-refractivity contribution in [1.29, 1.82) is 0 Å². The number of benzene rings is 1. The molecule has 0 aromatic heterocycles. The summed E-state index contributed by atoms with van der Waals surface area (Å²) in [4.78, 5) is 0. The maximum atomic E-state index is 14.0. The molecule has 2 aliphatic rings. The zero-order chi connectivity index (χ0) is 13.5. The van der Waals surface area contributed by atoms with Gasteiger partial charge in [0.05, 0.1) is 10.6 Å². The Balaban J connectivity index is 1.75. The minimum Gasteiger partial charge on any atom is -0.390 e. The molecule has 0 spiro atoms. The molecule has 2 atom stereocenters. The van der Waals surface area contributed by atoms with Crippen molar-refractivity contribution in [3.8, 4) is 0 Å². The second-order valence-electron chi connectivity index (χ2n) is 6.31. The number of rotatable bonds is 3. The monoisotopic (exact) mass is 282 g/mol.